The average Bonchev–Trinajstić information content (AvgIpc) is 2.63. The highest BCUT2D eigenvalue weighted by atomic mass is 19.4. The zero-order valence-electron chi connectivity index (χ0n) is 14.6. The summed E-state index contributed by atoms with van der Waals surface area (Å²) in [4.78, 5) is 20.3. The van der Waals surface area contributed by atoms with Crippen molar-refractivity contribution in [2.45, 2.75) is 13.1 Å². The van der Waals surface area contributed by atoms with Gasteiger partial charge in [0.2, 0.25) is 0 Å². The van der Waals surface area contributed by atoms with Crippen molar-refractivity contribution in [1.82, 2.24) is 0 Å². The molecule has 2 aromatic carbocycles. The molecule has 0 aliphatic heterocycles. The maximum Gasteiger partial charge on any atom is 0.416 e. The highest BCUT2D eigenvalue weighted by Crippen LogP contribution is 2.36. The second-order valence-corrected chi connectivity index (χ2v) is 5.43. The monoisotopic (exact) mass is 414 g/mol. The molecule has 0 amide bonds. The summed E-state index contributed by atoms with van der Waals surface area (Å²) in [7, 11) is 0. The number of alkyl halides is 3. The normalized spacial score (nSPS) is 11.4. The van der Waals surface area contributed by atoms with Crippen LogP contribution >= 0.6 is 0 Å². The Morgan fingerprint density at radius 2 is 1.90 bits per heavy atom. The standard InChI is InChI=1S/C16H13F3N4O6/c1-2-29-14-7-11(22(25)26)5-9(15(14)24)8-20-21-12-4-3-10(16(17,18)19)6-13(12)23(27)28/h3-8,21,24H,2H2,1H3/b20-8-. The molecule has 0 unspecified atom stereocenters. The van der Waals surface area contributed by atoms with E-state index in [-0.39, 0.29) is 23.6 Å². The van der Waals surface area contributed by atoms with E-state index < -0.39 is 38.7 Å². The molecule has 29 heavy (non-hydrogen) atoms. The fourth-order valence-electron chi connectivity index (χ4n) is 2.21. The van der Waals surface area contributed by atoms with Crippen LogP contribution in [0.2, 0.25) is 0 Å². The van der Waals surface area contributed by atoms with E-state index in [0.717, 1.165) is 24.4 Å². The summed E-state index contributed by atoms with van der Waals surface area (Å²) in [6.07, 6.45) is -3.86. The van der Waals surface area contributed by atoms with Gasteiger partial charge in [-0.3, -0.25) is 25.7 Å². The minimum Gasteiger partial charge on any atom is -0.504 e. The number of phenols is 1. The maximum absolute atomic E-state index is 12.7. The van der Waals surface area contributed by atoms with Crippen LogP contribution in [0.4, 0.5) is 30.2 Å². The van der Waals surface area contributed by atoms with Crippen molar-refractivity contribution in [2.24, 2.45) is 5.10 Å². The number of aromatic hydroxyl groups is 1. The molecule has 0 atom stereocenters. The third kappa shape index (κ3) is 5.09. The first-order valence-electron chi connectivity index (χ1n) is 7.83. The van der Waals surface area contributed by atoms with Crippen molar-refractivity contribution in [2.75, 3.05) is 12.0 Å². The van der Waals surface area contributed by atoms with Crippen molar-refractivity contribution < 1.29 is 32.9 Å². The van der Waals surface area contributed by atoms with E-state index in [4.69, 9.17) is 4.74 Å². The van der Waals surface area contributed by atoms with Gasteiger partial charge in [0.1, 0.15) is 5.69 Å². The number of hydrogen-bond donors (Lipinski definition) is 2. The number of rotatable bonds is 7. The number of non-ortho nitro benzene ring substituents is 1. The van der Waals surface area contributed by atoms with E-state index in [1.807, 2.05) is 0 Å². The summed E-state index contributed by atoms with van der Waals surface area (Å²) in [6, 6.07) is 3.77. The number of hydrogen-bond acceptors (Lipinski definition) is 8. The fraction of sp³-hybridized carbons (Fsp3) is 0.188. The van der Waals surface area contributed by atoms with Crippen LogP contribution in [-0.2, 0) is 6.18 Å². The summed E-state index contributed by atoms with van der Waals surface area (Å²) < 4.78 is 43.2. The van der Waals surface area contributed by atoms with Gasteiger partial charge in [-0.15, -0.1) is 0 Å². The van der Waals surface area contributed by atoms with Gasteiger partial charge in [0.25, 0.3) is 11.4 Å². The third-order valence-electron chi connectivity index (χ3n) is 3.51. The van der Waals surface area contributed by atoms with Crippen LogP contribution in [0.5, 0.6) is 11.5 Å². The summed E-state index contributed by atoms with van der Waals surface area (Å²) in [5.74, 6) is -0.645. The highest BCUT2D eigenvalue weighted by molar-refractivity contribution is 5.87. The Bertz CT molecular complexity index is 978. The first-order chi connectivity index (χ1) is 13.5. The minimum absolute atomic E-state index is 0.112. The Labute approximate surface area is 160 Å². The quantitative estimate of drug-likeness (QED) is 0.395. The van der Waals surface area contributed by atoms with Gasteiger partial charge in [0, 0.05) is 17.7 Å². The smallest absolute Gasteiger partial charge is 0.416 e. The lowest BCUT2D eigenvalue weighted by Crippen LogP contribution is -2.06. The summed E-state index contributed by atoms with van der Waals surface area (Å²) in [5.41, 5.74) is -0.813. The SMILES string of the molecule is CCOc1cc([N+](=O)[O-])cc(/C=N\Nc2ccc(C(F)(F)F)cc2[N+](=O)[O-])c1O. The average molecular weight is 414 g/mol. The zero-order valence-corrected chi connectivity index (χ0v) is 14.6. The largest absolute Gasteiger partial charge is 0.504 e. The van der Waals surface area contributed by atoms with Crippen LogP contribution in [0.25, 0.3) is 0 Å². The van der Waals surface area contributed by atoms with Crippen LogP contribution in [0, 0.1) is 20.2 Å². The van der Waals surface area contributed by atoms with E-state index in [1.54, 1.807) is 6.92 Å². The zero-order chi connectivity index (χ0) is 21.8. The number of ether oxygens (including phenoxy) is 1. The third-order valence-corrected chi connectivity index (χ3v) is 3.51. The number of hydrazone groups is 1. The fourth-order valence-corrected chi connectivity index (χ4v) is 2.21. The van der Waals surface area contributed by atoms with Crippen molar-refractivity contribution in [1.29, 1.82) is 0 Å². The van der Waals surface area contributed by atoms with Gasteiger partial charge in [-0.1, -0.05) is 0 Å². The predicted octanol–water partition coefficient (Wildman–Crippen LogP) is 4.07. The predicted molar refractivity (Wildman–Crippen MR) is 95.2 cm³/mol. The van der Waals surface area contributed by atoms with Gasteiger partial charge in [-0.2, -0.15) is 18.3 Å². The lowest BCUT2D eigenvalue weighted by Gasteiger charge is -2.09. The summed E-state index contributed by atoms with van der Waals surface area (Å²) in [5, 5.41) is 35.7. The molecular formula is C16H13F3N4O6. The minimum atomic E-state index is -4.77. The van der Waals surface area contributed by atoms with Gasteiger partial charge in [0.15, 0.2) is 11.5 Å². The molecule has 0 radical (unpaired) electrons. The van der Waals surface area contributed by atoms with E-state index in [0.29, 0.717) is 12.1 Å². The number of anilines is 1. The Morgan fingerprint density at radius 3 is 2.45 bits per heavy atom. The second kappa shape index (κ2) is 8.41. The molecule has 0 bridgehead atoms. The molecule has 0 heterocycles. The van der Waals surface area contributed by atoms with E-state index >= 15 is 0 Å². The van der Waals surface area contributed by atoms with Crippen LogP contribution in [-0.4, -0.2) is 27.8 Å². The van der Waals surface area contributed by atoms with E-state index in [2.05, 4.69) is 10.5 Å². The molecule has 2 rings (SSSR count). The number of nitro groups is 2. The van der Waals surface area contributed by atoms with Gasteiger partial charge < -0.3 is 9.84 Å². The Morgan fingerprint density at radius 1 is 1.21 bits per heavy atom. The lowest BCUT2D eigenvalue weighted by atomic mass is 10.1. The Hall–Kier alpha value is -3.90. The molecule has 0 saturated heterocycles. The number of nitro benzene ring substituents is 2. The summed E-state index contributed by atoms with van der Waals surface area (Å²) in [6.45, 7) is 1.71. The van der Waals surface area contributed by atoms with Crippen LogP contribution in [0.1, 0.15) is 18.1 Å². The molecule has 13 heteroatoms. The molecule has 0 fully saturated rings. The van der Waals surface area contributed by atoms with Crippen molar-refractivity contribution >= 4 is 23.3 Å². The first-order valence-corrected chi connectivity index (χ1v) is 7.83. The topological polar surface area (TPSA) is 140 Å². The maximum atomic E-state index is 12.7. The van der Waals surface area contributed by atoms with E-state index in [9.17, 15) is 38.5 Å². The molecule has 0 aliphatic rings. The van der Waals surface area contributed by atoms with Crippen molar-refractivity contribution in [3.05, 3.63) is 61.7 Å². The molecule has 10 nitrogen and oxygen atoms in total. The van der Waals surface area contributed by atoms with E-state index in [1.165, 1.54) is 0 Å². The van der Waals surface area contributed by atoms with Crippen LogP contribution in [0.15, 0.2) is 35.4 Å². The van der Waals surface area contributed by atoms with Gasteiger partial charge >= 0.3 is 6.18 Å². The Balaban J connectivity index is 2.36. The Kier molecular flexibility index (Phi) is 6.21. The number of benzene rings is 2. The first kappa shape index (κ1) is 21.4. The molecule has 154 valence electrons. The number of nitrogens with one attached hydrogen (secondary N) is 1. The highest BCUT2D eigenvalue weighted by Gasteiger charge is 2.33. The molecule has 0 saturated carbocycles. The van der Waals surface area contributed by atoms with Crippen LogP contribution in [0.3, 0.4) is 0 Å². The number of phenolic OH excluding ortho intramolecular Hbond substituents is 1. The molecular weight excluding hydrogens is 401 g/mol. The van der Waals surface area contributed by atoms with Crippen molar-refractivity contribution in [3.63, 3.8) is 0 Å². The lowest BCUT2D eigenvalue weighted by molar-refractivity contribution is -0.385. The van der Waals surface area contributed by atoms with Gasteiger partial charge in [-0.25, -0.2) is 0 Å². The van der Waals surface area contributed by atoms with Crippen LogP contribution < -0.4 is 10.2 Å². The second-order valence-electron chi connectivity index (χ2n) is 5.43. The molecule has 2 N–H and O–H groups in total. The summed E-state index contributed by atoms with van der Waals surface area (Å²) >= 11 is 0. The molecule has 0 spiro atoms. The molecule has 0 aromatic heterocycles. The van der Waals surface area contributed by atoms with Crippen molar-refractivity contribution in [3.8, 4) is 11.5 Å². The molecule has 2 aromatic rings. The number of halogens is 3. The molecule has 0 aliphatic carbocycles. The number of nitrogens with zero attached hydrogens (tertiary/aromatic N) is 3. The van der Waals surface area contributed by atoms with Gasteiger partial charge in [-0.05, 0) is 19.1 Å². The van der Waals surface area contributed by atoms with Gasteiger partial charge in [0.05, 0.1) is 34.3 Å².